The monoisotopic (exact) mass is 245 g/mol. The van der Waals surface area contributed by atoms with Crippen LogP contribution in [0, 0.1) is 6.67 Å². The Morgan fingerprint density at radius 1 is 1.41 bits per heavy atom. The van der Waals surface area contributed by atoms with Gasteiger partial charge in [0.15, 0.2) is 0 Å². The zero-order valence-corrected chi connectivity index (χ0v) is 9.12. The molecule has 0 spiro atoms. The van der Waals surface area contributed by atoms with Gasteiger partial charge in [-0.05, 0) is 25.1 Å². The molecule has 0 saturated heterocycles. The van der Waals surface area contributed by atoms with Crippen LogP contribution in [0.25, 0.3) is 0 Å². The summed E-state index contributed by atoms with van der Waals surface area (Å²) in [7, 11) is 0. The minimum atomic E-state index is -4.34. The maximum Gasteiger partial charge on any atom is 0.416 e. The first kappa shape index (κ1) is 12.0. The van der Waals surface area contributed by atoms with E-state index in [1.807, 2.05) is 0 Å². The van der Waals surface area contributed by atoms with Crippen molar-refractivity contribution < 1.29 is 18.3 Å². The van der Waals surface area contributed by atoms with Gasteiger partial charge in [-0.25, -0.2) is 0 Å². The minimum Gasteiger partial charge on any atom is -0.394 e. The average molecular weight is 245 g/mol. The maximum absolute atomic E-state index is 12.5. The molecule has 1 aromatic carbocycles. The second-order valence-electron chi connectivity index (χ2n) is 3.94. The molecule has 1 radical (unpaired) electrons. The largest absolute Gasteiger partial charge is 0.416 e. The second kappa shape index (κ2) is 4.10. The molecule has 0 aromatic heterocycles. The van der Waals surface area contributed by atoms with Crippen LogP contribution in [0.4, 0.5) is 24.5 Å². The number of benzene rings is 1. The van der Waals surface area contributed by atoms with E-state index in [4.69, 9.17) is 5.11 Å². The quantitative estimate of drug-likeness (QED) is 0.840. The summed E-state index contributed by atoms with van der Waals surface area (Å²) in [5.41, 5.74) is 0.357. The van der Waals surface area contributed by atoms with Gasteiger partial charge in [-0.2, -0.15) is 13.2 Å². The fraction of sp³-hybridized carbons (Fsp3) is 0.364. The predicted molar refractivity (Wildman–Crippen MR) is 58.4 cm³/mol. The molecule has 0 aliphatic carbocycles. The van der Waals surface area contributed by atoms with Crippen molar-refractivity contribution in [2.45, 2.75) is 19.1 Å². The topological polar surface area (TPSA) is 35.5 Å². The van der Waals surface area contributed by atoms with Gasteiger partial charge < -0.3 is 15.3 Å². The van der Waals surface area contributed by atoms with Crippen LogP contribution in [0.2, 0.25) is 0 Å². The minimum absolute atomic E-state index is 0.0708. The molecule has 6 heteroatoms. The van der Waals surface area contributed by atoms with Gasteiger partial charge in [0.05, 0.1) is 29.6 Å². The molecule has 1 heterocycles. The summed E-state index contributed by atoms with van der Waals surface area (Å²) in [6, 6.07) is 3.33. The summed E-state index contributed by atoms with van der Waals surface area (Å²) in [6.45, 7) is 3.27. The van der Waals surface area contributed by atoms with E-state index in [0.717, 1.165) is 12.1 Å². The molecule has 0 fully saturated rings. The van der Waals surface area contributed by atoms with E-state index in [1.165, 1.54) is 6.07 Å². The van der Waals surface area contributed by atoms with Crippen molar-refractivity contribution in [3.05, 3.63) is 30.4 Å². The van der Waals surface area contributed by atoms with Gasteiger partial charge in [0.25, 0.3) is 0 Å². The summed E-state index contributed by atoms with van der Waals surface area (Å²) in [5, 5.41) is 11.8. The SMILES string of the molecule is C[C@H](CO)N1[CH]Nc2cc(C(F)(F)F)ccc21. The van der Waals surface area contributed by atoms with Crippen LogP contribution >= 0.6 is 0 Å². The van der Waals surface area contributed by atoms with Crippen molar-refractivity contribution in [2.24, 2.45) is 0 Å². The molecule has 0 unspecified atom stereocenters. The zero-order valence-electron chi connectivity index (χ0n) is 9.12. The molecule has 1 aliphatic heterocycles. The predicted octanol–water partition coefficient (Wildman–Crippen LogP) is 2.44. The molecule has 2 rings (SSSR count). The van der Waals surface area contributed by atoms with Gasteiger partial charge in [0.1, 0.15) is 6.67 Å². The summed E-state index contributed by atoms with van der Waals surface area (Å²) < 4.78 is 37.5. The smallest absolute Gasteiger partial charge is 0.394 e. The molecule has 1 aromatic rings. The van der Waals surface area contributed by atoms with Gasteiger partial charge in [-0.15, -0.1) is 0 Å². The Balaban J connectivity index is 2.32. The lowest BCUT2D eigenvalue weighted by Crippen LogP contribution is -2.31. The van der Waals surface area contributed by atoms with Crippen LogP contribution in [0.5, 0.6) is 0 Å². The van der Waals surface area contributed by atoms with E-state index in [9.17, 15) is 13.2 Å². The molecular weight excluding hydrogens is 233 g/mol. The third kappa shape index (κ3) is 2.17. The van der Waals surface area contributed by atoms with Gasteiger partial charge in [-0.3, -0.25) is 0 Å². The highest BCUT2D eigenvalue weighted by Gasteiger charge is 2.33. The average Bonchev–Trinajstić information content (AvgIpc) is 2.69. The van der Waals surface area contributed by atoms with Crippen LogP contribution < -0.4 is 10.2 Å². The third-order valence-corrected chi connectivity index (χ3v) is 2.70. The number of hydrogen-bond acceptors (Lipinski definition) is 3. The van der Waals surface area contributed by atoms with Gasteiger partial charge in [-0.1, -0.05) is 0 Å². The Morgan fingerprint density at radius 3 is 2.71 bits per heavy atom. The Hall–Kier alpha value is -1.43. The van der Waals surface area contributed by atoms with E-state index in [1.54, 1.807) is 18.5 Å². The third-order valence-electron chi connectivity index (χ3n) is 2.70. The van der Waals surface area contributed by atoms with Gasteiger partial charge in [0.2, 0.25) is 0 Å². The van der Waals surface area contributed by atoms with Crippen LogP contribution in [-0.2, 0) is 6.18 Å². The number of alkyl halides is 3. The number of nitrogens with one attached hydrogen (secondary N) is 1. The normalized spacial score (nSPS) is 16.6. The van der Waals surface area contributed by atoms with Crippen LogP contribution in [0.3, 0.4) is 0 Å². The molecule has 1 aliphatic rings. The van der Waals surface area contributed by atoms with Crippen molar-refractivity contribution in [1.29, 1.82) is 0 Å². The number of nitrogens with zero attached hydrogens (tertiary/aromatic N) is 1. The molecular formula is C11H12F3N2O. The fourth-order valence-corrected chi connectivity index (χ4v) is 1.71. The number of halogens is 3. The van der Waals surface area contributed by atoms with Crippen molar-refractivity contribution in [3.63, 3.8) is 0 Å². The number of hydrogen-bond donors (Lipinski definition) is 2. The van der Waals surface area contributed by atoms with Gasteiger partial charge >= 0.3 is 6.18 Å². The lowest BCUT2D eigenvalue weighted by Gasteiger charge is -2.23. The van der Waals surface area contributed by atoms with E-state index in [-0.39, 0.29) is 12.6 Å². The van der Waals surface area contributed by atoms with Gasteiger partial charge in [0, 0.05) is 0 Å². The molecule has 0 amide bonds. The van der Waals surface area contributed by atoms with E-state index < -0.39 is 11.7 Å². The standard InChI is InChI=1S/C11H12F3N2O/c1-7(5-17)16-6-15-9-4-8(11(12,13)14)2-3-10(9)16/h2-4,6-7,15,17H,5H2,1H3/t7-/m1/s1. The highest BCUT2D eigenvalue weighted by molar-refractivity contribution is 5.78. The second-order valence-corrected chi connectivity index (χ2v) is 3.94. The number of fused-ring (bicyclic) bond motifs is 1. The van der Waals surface area contributed by atoms with Crippen LogP contribution in [0.1, 0.15) is 12.5 Å². The first-order chi connectivity index (χ1) is 7.93. The van der Waals surface area contributed by atoms with Crippen molar-refractivity contribution in [2.75, 3.05) is 16.8 Å². The first-order valence-corrected chi connectivity index (χ1v) is 5.14. The number of anilines is 2. The summed E-state index contributed by atoms with van der Waals surface area (Å²) >= 11 is 0. The summed E-state index contributed by atoms with van der Waals surface area (Å²) in [4.78, 5) is 1.70. The Labute approximate surface area is 96.9 Å². The first-order valence-electron chi connectivity index (χ1n) is 5.14. The molecule has 0 bridgehead atoms. The highest BCUT2D eigenvalue weighted by atomic mass is 19.4. The molecule has 3 nitrogen and oxygen atoms in total. The fourth-order valence-electron chi connectivity index (χ4n) is 1.71. The Kier molecular flexibility index (Phi) is 2.91. The highest BCUT2D eigenvalue weighted by Crippen LogP contribution is 2.39. The molecule has 2 N–H and O–H groups in total. The number of aliphatic hydroxyl groups is 1. The Bertz CT molecular complexity index is 420. The molecule has 1 atom stereocenters. The summed E-state index contributed by atoms with van der Waals surface area (Å²) in [6.07, 6.45) is -4.34. The molecule has 0 saturated carbocycles. The van der Waals surface area contributed by atoms with Crippen molar-refractivity contribution in [1.82, 2.24) is 0 Å². The van der Waals surface area contributed by atoms with E-state index in [2.05, 4.69) is 5.32 Å². The Morgan fingerprint density at radius 2 is 2.12 bits per heavy atom. The van der Waals surface area contributed by atoms with Crippen LogP contribution in [0.15, 0.2) is 18.2 Å². The van der Waals surface area contributed by atoms with Crippen molar-refractivity contribution in [3.8, 4) is 0 Å². The molecule has 93 valence electrons. The number of aliphatic hydroxyl groups excluding tert-OH is 1. The lowest BCUT2D eigenvalue weighted by molar-refractivity contribution is -0.137. The van der Waals surface area contributed by atoms with Crippen LogP contribution in [-0.4, -0.2) is 17.8 Å². The van der Waals surface area contributed by atoms with E-state index >= 15 is 0 Å². The summed E-state index contributed by atoms with van der Waals surface area (Å²) in [5.74, 6) is 0. The molecule has 17 heavy (non-hydrogen) atoms. The maximum atomic E-state index is 12.5. The van der Waals surface area contributed by atoms with Crippen molar-refractivity contribution >= 4 is 11.4 Å². The number of rotatable bonds is 2. The lowest BCUT2D eigenvalue weighted by atomic mass is 10.1. The van der Waals surface area contributed by atoms with E-state index in [0.29, 0.717) is 11.4 Å². The zero-order chi connectivity index (χ0) is 12.6.